The first-order valence-corrected chi connectivity index (χ1v) is 5.47. The molecule has 0 aromatic carbocycles. The van der Waals surface area contributed by atoms with Crippen LogP contribution in [-0.4, -0.2) is 44.8 Å². The standard InChI is InChI=1S/C11H15N3O3/c1-6-3-10(13-7(2)12-6)14-5-8(15)4-9(14)11(16)17/h3,8-9,15H,4-5H2,1-2H3,(H,16,17). The lowest BCUT2D eigenvalue weighted by atomic mass is 10.2. The summed E-state index contributed by atoms with van der Waals surface area (Å²) in [7, 11) is 0. The van der Waals surface area contributed by atoms with Gasteiger partial charge in [0.05, 0.1) is 6.10 Å². The van der Waals surface area contributed by atoms with Crippen molar-refractivity contribution in [3.8, 4) is 0 Å². The lowest BCUT2D eigenvalue weighted by Gasteiger charge is -2.22. The molecule has 6 nitrogen and oxygen atoms in total. The number of aromatic nitrogens is 2. The average Bonchev–Trinajstić information content (AvgIpc) is 2.59. The Labute approximate surface area is 98.9 Å². The van der Waals surface area contributed by atoms with Crippen LogP contribution in [0.25, 0.3) is 0 Å². The smallest absolute Gasteiger partial charge is 0.326 e. The van der Waals surface area contributed by atoms with Crippen molar-refractivity contribution >= 4 is 11.8 Å². The molecule has 6 heteroatoms. The number of aryl methyl sites for hydroxylation is 2. The van der Waals surface area contributed by atoms with Crippen LogP contribution in [0.1, 0.15) is 17.9 Å². The predicted molar refractivity (Wildman–Crippen MR) is 60.9 cm³/mol. The molecule has 0 radical (unpaired) electrons. The number of anilines is 1. The minimum absolute atomic E-state index is 0.234. The summed E-state index contributed by atoms with van der Waals surface area (Å²) in [5.74, 6) is 0.236. The highest BCUT2D eigenvalue weighted by Crippen LogP contribution is 2.24. The summed E-state index contributed by atoms with van der Waals surface area (Å²) in [6.07, 6.45) is -0.385. The fourth-order valence-electron chi connectivity index (χ4n) is 2.15. The number of carboxylic acid groups (broad SMARTS) is 1. The Morgan fingerprint density at radius 2 is 2.18 bits per heavy atom. The number of nitrogens with zero attached hydrogens (tertiary/aromatic N) is 3. The van der Waals surface area contributed by atoms with Crippen molar-refractivity contribution in [2.75, 3.05) is 11.4 Å². The van der Waals surface area contributed by atoms with Gasteiger partial charge in [-0.3, -0.25) is 0 Å². The second kappa shape index (κ2) is 4.29. The molecule has 2 rings (SSSR count). The maximum absolute atomic E-state index is 11.1. The van der Waals surface area contributed by atoms with Gasteiger partial charge in [-0.1, -0.05) is 0 Å². The molecule has 1 aliphatic rings. The van der Waals surface area contributed by atoms with Gasteiger partial charge < -0.3 is 15.1 Å². The molecule has 2 heterocycles. The Balaban J connectivity index is 2.34. The molecular weight excluding hydrogens is 222 g/mol. The molecule has 17 heavy (non-hydrogen) atoms. The van der Waals surface area contributed by atoms with Crippen LogP contribution >= 0.6 is 0 Å². The Hall–Kier alpha value is -1.69. The van der Waals surface area contributed by atoms with E-state index in [0.29, 0.717) is 18.2 Å². The van der Waals surface area contributed by atoms with E-state index in [2.05, 4.69) is 9.97 Å². The molecule has 1 aliphatic heterocycles. The molecule has 0 amide bonds. The fourth-order valence-corrected chi connectivity index (χ4v) is 2.15. The summed E-state index contributed by atoms with van der Waals surface area (Å²) in [6, 6.07) is 1.03. The monoisotopic (exact) mass is 237 g/mol. The Morgan fingerprint density at radius 1 is 1.47 bits per heavy atom. The normalized spacial score (nSPS) is 24.1. The fraction of sp³-hybridized carbons (Fsp3) is 0.545. The summed E-state index contributed by atoms with van der Waals surface area (Å²) in [6.45, 7) is 3.89. The number of carboxylic acids is 1. The van der Waals surface area contributed by atoms with Crippen molar-refractivity contribution in [1.82, 2.24) is 9.97 Å². The first kappa shape index (κ1) is 11.8. The summed E-state index contributed by atoms with van der Waals surface area (Å²) >= 11 is 0. The minimum atomic E-state index is -0.935. The van der Waals surface area contributed by atoms with E-state index >= 15 is 0 Å². The maximum atomic E-state index is 11.1. The molecule has 1 aromatic heterocycles. The number of aliphatic hydroxyl groups excluding tert-OH is 1. The number of hydrogen-bond donors (Lipinski definition) is 2. The van der Waals surface area contributed by atoms with Crippen LogP contribution in [0.4, 0.5) is 5.82 Å². The van der Waals surface area contributed by atoms with Gasteiger partial charge in [0, 0.05) is 24.7 Å². The van der Waals surface area contributed by atoms with E-state index in [-0.39, 0.29) is 6.42 Å². The van der Waals surface area contributed by atoms with Gasteiger partial charge in [0.15, 0.2) is 0 Å². The van der Waals surface area contributed by atoms with Gasteiger partial charge in [-0.25, -0.2) is 14.8 Å². The van der Waals surface area contributed by atoms with Gasteiger partial charge >= 0.3 is 5.97 Å². The van der Waals surface area contributed by atoms with Crippen molar-refractivity contribution < 1.29 is 15.0 Å². The second-order valence-electron chi connectivity index (χ2n) is 4.31. The van der Waals surface area contributed by atoms with E-state index in [4.69, 9.17) is 5.11 Å². The molecule has 2 atom stereocenters. The number of hydrogen-bond acceptors (Lipinski definition) is 5. The van der Waals surface area contributed by atoms with Gasteiger partial charge in [0.25, 0.3) is 0 Å². The molecule has 0 spiro atoms. The average molecular weight is 237 g/mol. The van der Waals surface area contributed by atoms with Crippen LogP contribution < -0.4 is 4.90 Å². The van der Waals surface area contributed by atoms with E-state index < -0.39 is 18.1 Å². The number of rotatable bonds is 2. The first-order valence-electron chi connectivity index (χ1n) is 5.47. The van der Waals surface area contributed by atoms with Gasteiger partial charge in [0.1, 0.15) is 17.7 Å². The zero-order valence-corrected chi connectivity index (χ0v) is 9.79. The molecule has 2 N–H and O–H groups in total. The van der Waals surface area contributed by atoms with E-state index in [1.165, 1.54) is 0 Å². The quantitative estimate of drug-likeness (QED) is 0.759. The highest BCUT2D eigenvalue weighted by molar-refractivity contribution is 5.78. The van der Waals surface area contributed by atoms with E-state index in [0.717, 1.165) is 5.69 Å². The minimum Gasteiger partial charge on any atom is -0.480 e. The largest absolute Gasteiger partial charge is 0.480 e. The van der Waals surface area contributed by atoms with Crippen LogP contribution in [0.3, 0.4) is 0 Å². The van der Waals surface area contributed by atoms with Gasteiger partial charge in [-0.15, -0.1) is 0 Å². The van der Waals surface area contributed by atoms with Crippen molar-refractivity contribution in [2.24, 2.45) is 0 Å². The third kappa shape index (κ3) is 2.36. The molecule has 1 fully saturated rings. The third-order valence-electron chi connectivity index (χ3n) is 2.81. The highest BCUT2D eigenvalue weighted by Gasteiger charge is 2.36. The van der Waals surface area contributed by atoms with E-state index in [9.17, 15) is 9.90 Å². The molecule has 92 valence electrons. The SMILES string of the molecule is Cc1cc(N2CC(O)CC2C(=O)O)nc(C)n1. The van der Waals surface area contributed by atoms with Gasteiger partial charge in [-0.2, -0.15) is 0 Å². The Kier molecular flexibility index (Phi) is 2.97. The lowest BCUT2D eigenvalue weighted by Crippen LogP contribution is -2.36. The summed E-state index contributed by atoms with van der Waals surface area (Å²) in [5.41, 5.74) is 0.790. The topological polar surface area (TPSA) is 86.5 Å². The zero-order chi connectivity index (χ0) is 12.6. The van der Waals surface area contributed by atoms with Crippen LogP contribution in [0.5, 0.6) is 0 Å². The van der Waals surface area contributed by atoms with Gasteiger partial charge in [-0.05, 0) is 13.8 Å². The molecule has 0 aliphatic carbocycles. The van der Waals surface area contributed by atoms with Crippen molar-refractivity contribution in [3.63, 3.8) is 0 Å². The number of aliphatic hydroxyl groups is 1. The van der Waals surface area contributed by atoms with Crippen LogP contribution in [-0.2, 0) is 4.79 Å². The molecule has 1 aromatic rings. The maximum Gasteiger partial charge on any atom is 0.326 e. The van der Waals surface area contributed by atoms with Crippen LogP contribution in [0, 0.1) is 13.8 Å². The Morgan fingerprint density at radius 3 is 2.76 bits per heavy atom. The molecule has 0 bridgehead atoms. The first-order chi connectivity index (χ1) is 7.97. The van der Waals surface area contributed by atoms with Gasteiger partial charge in [0.2, 0.25) is 0 Å². The summed E-state index contributed by atoms with van der Waals surface area (Å²) in [5, 5.41) is 18.7. The van der Waals surface area contributed by atoms with Crippen LogP contribution in [0.2, 0.25) is 0 Å². The second-order valence-corrected chi connectivity index (χ2v) is 4.31. The number of carbonyl (C=O) groups is 1. The lowest BCUT2D eigenvalue weighted by molar-refractivity contribution is -0.138. The summed E-state index contributed by atoms with van der Waals surface area (Å²) in [4.78, 5) is 21.1. The number of aliphatic carboxylic acids is 1. The van der Waals surface area contributed by atoms with Crippen molar-refractivity contribution in [2.45, 2.75) is 32.4 Å². The third-order valence-corrected chi connectivity index (χ3v) is 2.81. The number of β-amino-alcohol motifs (C(OH)–C–C–N with tert-alkyl or cyclic N) is 1. The molecule has 2 unspecified atom stereocenters. The summed E-state index contributed by atoms with van der Waals surface area (Å²) < 4.78 is 0. The van der Waals surface area contributed by atoms with Crippen LogP contribution in [0.15, 0.2) is 6.07 Å². The molecule has 1 saturated heterocycles. The van der Waals surface area contributed by atoms with E-state index in [1.807, 2.05) is 6.92 Å². The van der Waals surface area contributed by atoms with Crippen molar-refractivity contribution in [3.05, 3.63) is 17.6 Å². The Bertz CT molecular complexity index is 429. The zero-order valence-electron chi connectivity index (χ0n) is 9.79. The molecule has 0 saturated carbocycles. The van der Waals surface area contributed by atoms with Crippen molar-refractivity contribution in [1.29, 1.82) is 0 Å². The highest BCUT2D eigenvalue weighted by atomic mass is 16.4. The predicted octanol–water partition coefficient (Wildman–Crippen LogP) is 0.118. The van der Waals surface area contributed by atoms with E-state index in [1.54, 1.807) is 17.9 Å². The molecular formula is C11H15N3O3.